The quantitative estimate of drug-likeness (QED) is 0.786. The van der Waals surface area contributed by atoms with Gasteiger partial charge in [-0.15, -0.1) is 0 Å². The largest absolute Gasteiger partial charge is 0.478 e. The van der Waals surface area contributed by atoms with Crippen molar-refractivity contribution in [3.63, 3.8) is 0 Å². The Labute approximate surface area is 84.0 Å². The Balaban J connectivity index is 2.56. The predicted molar refractivity (Wildman–Crippen MR) is 46.4 cm³/mol. The third kappa shape index (κ3) is 1.59. The van der Waals surface area contributed by atoms with Crippen LogP contribution in [-0.4, -0.2) is 16.2 Å². The van der Waals surface area contributed by atoms with E-state index in [-0.39, 0.29) is 5.56 Å². The standard InChI is InChI=1S/C10H8F2O3/c11-7-4-5(10(15)1-2-10)3-6(8(7)12)9(13)14/h3-4,15H,1-2H2,(H,13,14). The molecule has 0 unspecified atom stereocenters. The van der Waals surface area contributed by atoms with Crippen molar-refractivity contribution >= 4 is 5.97 Å². The van der Waals surface area contributed by atoms with Gasteiger partial charge in [-0.1, -0.05) is 0 Å². The summed E-state index contributed by atoms with van der Waals surface area (Å²) in [6, 6.07) is 1.82. The summed E-state index contributed by atoms with van der Waals surface area (Å²) in [4.78, 5) is 10.6. The summed E-state index contributed by atoms with van der Waals surface area (Å²) in [7, 11) is 0. The molecule has 2 rings (SSSR count). The molecule has 0 heterocycles. The number of aliphatic hydroxyl groups is 1. The van der Waals surface area contributed by atoms with Crippen LogP contribution in [0.3, 0.4) is 0 Å². The third-order valence-electron chi connectivity index (χ3n) is 2.52. The van der Waals surface area contributed by atoms with Gasteiger partial charge in [-0.25, -0.2) is 13.6 Å². The monoisotopic (exact) mass is 214 g/mol. The Kier molecular flexibility index (Phi) is 2.01. The molecule has 1 aromatic carbocycles. The van der Waals surface area contributed by atoms with Gasteiger partial charge in [-0.05, 0) is 30.5 Å². The summed E-state index contributed by atoms with van der Waals surface area (Å²) >= 11 is 0. The number of halogens is 2. The zero-order chi connectivity index (χ0) is 11.2. The molecule has 1 aliphatic carbocycles. The van der Waals surface area contributed by atoms with Crippen LogP contribution in [0.25, 0.3) is 0 Å². The normalized spacial score (nSPS) is 17.5. The maximum Gasteiger partial charge on any atom is 0.338 e. The van der Waals surface area contributed by atoms with Crippen molar-refractivity contribution in [2.45, 2.75) is 18.4 Å². The van der Waals surface area contributed by atoms with E-state index in [1.807, 2.05) is 0 Å². The van der Waals surface area contributed by atoms with Gasteiger partial charge in [-0.3, -0.25) is 0 Å². The second kappa shape index (κ2) is 3.00. The SMILES string of the molecule is O=C(O)c1cc(C2(O)CC2)cc(F)c1F. The molecule has 0 bridgehead atoms. The first-order valence-electron chi connectivity index (χ1n) is 4.39. The molecule has 5 heteroatoms. The summed E-state index contributed by atoms with van der Waals surface area (Å²) in [5.74, 6) is -4.18. The van der Waals surface area contributed by atoms with Crippen LogP contribution < -0.4 is 0 Å². The fraction of sp³-hybridized carbons (Fsp3) is 0.300. The number of carboxylic acids is 1. The van der Waals surface area contributed by atoms with E-state index >= 15 is 0 Å². The lowest BCUT2D eigenvalue weighted by molar-refractivity contribution is 0.0690. The molecule has 1 saturated carbocycles. The number of carbonyl (C=O) groups is 1. The molecule has 0 saturated heterocycles. The van der Waals surface area contributed by atoms with Gasteiger partial charge in [0.25, 0.3) is 0 Å². The van der Waals surface area contributed by atoms with Gasteiger partial charge in [0.2, 0.25) is 0 Å². The predicted octanol–water partition coefficient (Wildman–Crippen LogP) is 1.64. The maximum absolute atomic E-state index is 13.0. The van der Waals surface area contributed by atoms with Crippen molar-refractivity contribution in [2.24, 2.45) is 0 Å². The average Bonchev–Trinajstić information content (AvgIpc) is 2.89. The molecule has 0 amide bonds. The van der Waals surface area contributed by atoms with Crippen LogP contribution in [0.5, 0.6) is 0 Å². The molecule has 1 fully saturated rings. The number of benzene rings is 1. The third-order valence-corrected chi connectivity index (χ3v) is 2.52. The highest BCUT2D eigenvalue weighted by Gasteiger charge is 2.43. The topological polar surface area (TPSA) is 57.5 Å². The van der Waals surface area contributed by atoms with Gasteiger partial charge in [-0.2, -0.15) is 0 Å². The number of hydrogen-bond acceptors (Lipinski definition) is 2. The Bertz CT molecular complexity index is 439. The Morgan fingerprint density at radius 1 is 1.33 bits per heavy atom. The first kappa shape index (κ1) is 10.0. The van der Waals surface area contributed by atoms with Crippen molar-refractivity contribution in [3.05, 3.63) is 34.9 Å². The van der Waals surface area contributed by atoms with E-state index < -0.39 is 28.8 Å². The Hall–Kier alpha value is -1.49. The second-order valence-corrected chi connectivity index (χ2v) is 3.66. The van der Waals surface area contributed by atoms with Crippen molar-refractivity contribution in [3.8, 4) is 0 Å². The van der Waals surface area contributed by atoms with Crippen LogP contribution in [0, 0.1) is 11.6 Å². The molecule has 0 atom stereocenters. The highest BCUT2D eigenvalue weighted by molar-refractivity contribution is 5.88. The van der Waals surface area contributed by atoms with Crippen LogP contribution in [0.2, 0.25) is 0 Å². The average molecular weight is 214 g/mol. The molecule has 2 N–H and O–H groups in total. The van der Waals surface area contributed by atoms with Crippen molar-refractivity contribution in [1.82, 2.24) is 0 Å². The lowest BCUT2D eigenvalue weighted by Crippen LogP contribution is -2.10. The molecule has 1 aromatic rings. The molecule has 0 aliphatic heterocycles. The summed E-state index contributed by atoms with van der Waals surface area (Å²) in [5.41, 5.74) is -1.79. The van der Waals surface area contributed by atoms with E-state index in [4.69, 9.17) is 5.11 Å². The Morgan fingerprint density at radius 2 is 1.93 bits per heavy atom. The van der Waals surface area contributed by atoms with E-state index in [0.29, 0.717) is 12.8 Å². The van der Waals surface area contributed by atoms with Crippen LogP contribution in [0.1, 0.15) is 28.8 Å². The van der Waals surface area contributed by atoms with Gasteiger partial charge in [0.15, 0.2) is 11.6 Å². The minimum absolute atomic E-state index is 0.124. The van der Waals surface area contributed by atoms with Crippen LogP contribution in [0.4, 0.5) is 8.78 Å². The van der Waals surface area contributed by atoms with Crippen molar-refractivity contribution in [2.75, 3.05) is 0 Å². The molecule has 80 valence electrons. The minimum Gasteiger partial charge on any atom is -0.478 e. The smallest absolute Gasteiger partial charge is 0.338 e. The highest BCUT2D eigenvalue weighted by atomic mass is 19.2. The molecule has 1 aliphatic rings. The van der Waals surface area contributed by atoms with Gasteiger partial charge in [0.05, 0.1) is 11.2 Å². The number of hydrogen-bond donors (Lipinski definition) is 2. The van der Waals surface area contributed by atoms with Gasteiger partial charge in [0.1, 0.15) is 0 Å². The zero-order valence-corrected chi connectivity index (χ0v) is 7.63. The molecule has 3 nitrogen and oxygen atoms in total. The summed E-state index contributed by atoms with van der Waals surface area (Å²) in [6.45, 7) is 0. The summed E-state index contributed by atoms with van der Waals surface area (Å²) < 4.78 is 26.0. The fourth-order valence-electron chi connectivity index (χ4n) is 1.42. The first-order valence-corrected chi connectivity index (χ1v) is 4.39. The van der Waals surface area contributed by atoms with Crippen LogP contribution >= 0.6 is 0 Å². The molecule has 15 heavy (non-hydrogen) atoms. The second-order valence-electron chi connectivity index (χ2n) is 3.66. The molecule has 0 aromatic heterocycles. The van der Waals surface area contributed by atoms with Crippen LogP contribution in [-0.2, 0) is 5.60 Å². The molecule has 0 radical (unpaired) electrons. The zero-order valence-electron chi connectivity index (χ0n) is 7.63. The van der Waals surface area contributed by atoms with E-state index in [2.05, 4.69) is 0 Å². The maximum atomic E-state index is 13.0. The summed E-state index contributed by atoms with van der Waals surface area (Å²) in [5, 5.41) is 18.3. The summed E-state index contributed by atoms with van der Waals surface area (Å²) in [6.07, 6.45) is 0.883. The lowest BCUT2D eigenvalue weighted by atomic mass is 10.0. The van der Waals surface area contributed by atoms with Crippen LogP contribution in [0.15, 0.2) is 12.1 Å². The minimum atomic E-state index is -1.54. The van der Waals surface area contributed by atoms with E-state index in [0.717, 1.165) is 12.1 Å². The molecule has 0 spiro atoms. The number of carboxylic acid groups (broad SMARTS) is 1. The molecular weight excluding hydrogens is 206 g/mol. The highest BCUT2D eigenvalue weighted by Crippen LogP contribution is 2.45. The first-order chi connectivity index (χ1) is 6.94. The van der Waals surface area contributed by atoms with Crippen molar-refractivity contribution in [1.29, 1.82) is 0 Å². The molecular formula is C10H8F2O3. The van der Waals surface area contributed by atoms with E-state index in [1.54, 1.807) is 0 Å². The number of aromatic carboxylic acids is 1. The Morgan fingerprint density at radius 3 is 2.40 bits per heavy atom. The van der Waals surface area contributed by atoms with E-state index in [1.165, 1.54) is 0 Å². The fourth-order valence-corrected chi connectivity index (χ4v) is 1.42. The van der Waals surface area contributed by atoms with Gasteiger partial charge < -0.3 is 10.2 Å². The van der Waals surface area contributed by atoms with Gasteiger partial charge in [0, 0.05) is 0 Å². The van der Waals surface area contributed by atoms with E-state index in [9.17, 15) is 18.7 Å². The van der Waals surface area contributed by atoms with Crippen molar-refractivity contribution < 1.29 is 23.8 Å². The lowest BCUT2D eigenvalue weighted by Gasteiger charge is -2.09. The van der Waals surface area contributed by atoms with Gasteiger partial charge >= 0.3 is 5.97 Å². The number of rotatable bonds is 2.